The monoisotopic (exact) mass is 449 g/mol. The van der Waals surface area contributed by atoms with Gasteiger partial charge in [0, 0.05) is 42.0 Å². The molecule has 6 nitrogen and oxygen atoms in total. The van der Waals surface area contributed by atoms with E-state index in [0.717, 1.165) is 28.1 Å². The molecule has 162 valence electrons. The summed E-state index contributed by atoms with van der Waals surface area (Å²) in [5.41, 5.74) is 2.63. The largest absolute Gasteiger partial charge is 0.309 e. The molecule has 32 heavy (non-hydrogen) atoms. The molecule has 3 heterocycles. The lowest BCUT2D eigenvalue weighted by molar-refractivity contribution is -0.129. The van der Waals surface area contributed by atoms with E-state index in [0.29, 0.717) is 24.5 Å². The number of benzene rings is 2. The van der Waals surface area contributed by atoms with E-state index in [1.165, 1.54) is 9.80 Å². The van der Waals surface area contributed by atoms with Crippen molar-refractivity contribution in [1.82, 2.24) is 14.7 Å². The Bertz CT molecular complexity index is 1240. The number of aromatic nitrogens is 2. The minimum absolute atomic E-state index is 0.0462. The van der Waals surface area contributed by atoms with Crippen molar-refractivity contribution in [2.75, 3.05) is 24.5 Å². The summed E-state index contributed by atoms with van der Waals surface area (Å²) < 4.78 is 17.2. The van der Waals surface area contributed by atoms with E-state index in [2.05, 4.69) is 5.10 Å². The zero-order valence-electron chi connectivity index (χ0n) is 17.3. The Kier molecular flexibility index (Phi) is 5.10. The highest BCUT2D eigenvalue weighted by Crippen LogP contribution is 2.36. The first-order chi connectivity index (χ1) is 15.5. The van der Waals surface area contributed by atoms with E-state index < -0.39 is 11.6 Å². The van der Waals surface area contributed by atoms with Gasteiger partial charge in [0.2, 0.25) is 5.67 Å². The van der Waals surface area contributed by atoms with Crippen LogP contribution in [-0.4, -0.2) is 45.9 Å². The predicted molar refractivity (Wildman–Crippen MR) is 120 cm³/mol. The number of hydrogen-bond donors (Lipinski definition) is 0. The maximum Gasteiger partial charge on any atom is 0.266 e. The van der Waals surface area contributed by atoms with Crippen LogP contribution < -0.4 is 4.90 Å². The van der Waals surface area contributed by atoms with E-state index in [1.807, 2.05) is 59.4 Å². The van der Waals surface area contributed by atoms with Gasteiger partial charge in [-0.3, -0.25) is 9.48 Å². The first-order valence-electron chi connectivity index (χ1n) is 10.5. The lowest BCUT2D eigenvalue weighted by Gasteiger charge is -2.25. The Hall–Kier alpha value is -3.37. The van der Waals surface area contributed by atoms with Gasteiger partial charge in [-0.25, -0.2) is 4.39 Å². The van der Waals surface area contributed by atoms with Gasteiger partial charge in [0.1, 0.15) is 0 Å². The molecule has 3 aromatic rings. The van der Waals surface area contributed by atoms with Crippen LogP contribution in [0.5, 0.6) is 0 Å². The Morgan fingerprint density at radius 3 is 2.84 bits per heavy atom. The Labute approximate surface area is 190 Å². The molecule has 8 heteroatoms. The van der Waals surface area contributed by atoms with Crippen molar-refractivity contribution in [3.05, 3.63) is 70.9 Å². The van der Waals surface area contributed by atoms with Crippen molar-refractivity contribution >= 4 is 23.2 Å². The number of carbonyl (C=O) groups excluding carboxylic acids is 1. The number of anilines is 1. The maximum atomic E-state index is 15.3. The summed E-state index contributed by atoms with van der Waals surface area (Å²) >= 11 is 6.32. The van der Waals surface area contributed by atoms with Crippen LogP contribution in [0, 0.1) is 11.5 Å². The van der Waals surface area contributed by atoms with E-state index in [-0.39, 0.29) is 19.5 Å². The number of likely N-dealkylation sites (tertiary alicyclic amines) is 1. The second-order valence-corrected chi connectivity index (χ2v) is 8.66. The molecule has 2 aliphatic heterocycles. The van der Waals surface area contributed by atoms with Crippen molar-refractivity contribution in [2.24, 2.45) is 0 Å². The Morgan fingerprint density at radius 1 is 1.22 bits per heavy atom. The Balaban J connectivity index is 1.40. The second-order valence-electron chi connectivity index (χ2n) is 8.25. The molecule has 2 aromatic carbocycles. The molecule has 0 radical (unpaired) electrons. The first kappa shape index (κ1) is 20.5. The number of nitriles is 1. The van der Waals surface area contributed by atoms with Crippen LogP contribution in [0.4, 0.5) is 10.1 Å². The maximum absolute atomic E-state index is 15.3. The van der Waals surface area contributed by atoms with E-state index in [1.54, 1.807) is 6.20 Å². The quantitative estimate of drug-likeness (QED) is 0.564. The molecule has 1 aromatic heterocycles. The van der Waals surface area contributed by atoms with Gasteiger partial charge in [-0.05, 0) is 41.8 Å². The molecule has 1 atom stereocenters. The number of halogens is 2. The smallest absolute Gasteiger partial charge is 0.266 e. The van der Waals surface area contributed by atoms with Gasteiger partial charge in [-0.1, -0.05) is 35.9 Å². The molecular formula is C24H21ClFN5O. The molecule has 2 aliphatic rings. The standard InChI is InChI=1S/C24H21ClFN5O/c25-20-4-2-1-3-19(20)14-31-22(7-10-28-31)17-5-6-21-18(13-17)8-11-30(21)23(32)24(26)9-12-29(15-24)16-27/h1-7,10,13H,8-9,11-12,14-15H2. The number of fused-ring (bicyclic) bond motifs is 1. The summed E-state index contributed by atoms with van der Waals surface area (Å²) in [5, 5.41) is 14.2. The van der Waals surface area contributed by atoms with Crippen LogP contribution in [0.1, 0.15) is 17.5 Å². The highest BCUT2D eigenvalue weighted by Gasteiger charge is 2.48. The summed E-state index contributed by atoms with van der Waals surface area (Å²) in [6, 6.07) is 15.5. The average Bonchev–Trinajstić information content (AvgIpc) is 3.53. The van der Waals surface area contributed by atoms with Gasteiger partial charge in [-0.2, -0.15) is 10.4 Å². The van der Waals surface area contributed by atoms with Crippen LogP contribution in [-0.2, 0) is 17.8 Å². The lowest BCUT2D eigenvalue weighted by atomic mass is 10.0. The lowest BCUT2D eigenvalue weighted by Crippen LogP contribution is -2.47. The Morgan fingerprint density at radius 2 is 2.06 bits per heavy atom. The van der Waals surface area contributed by atoms with Crippen molar-refractivity contribution in [1.29, 1.82) is 5.26 Å². The van der Waals surface area contributed by atoms with E-state index >= 15 is 4.39 Å². The van der Waals surface area contributed by atoms with Crippen molar-refractivity contribution in [2.45, 2.75) is 25.1 Å². The number of alkyl halides is 1. The van der Waals surface area contributed by atoms with E-state index in [4.69, 9.17) is 16.9 Å². The molecule has 0 N–H and O–H groups in total. The van der Waals surface area contributed by atoms with Crippen molar-refractivity contribution < 1.29 is 9.18 Å². The van der Waals surface area contributed by atoms with Crippen LogP contribution >= 0.6 is 11.6 Å². The normalized spacial score (nSPS) is 19.8. The molecule has 0 spiro atoms. The topological polar surface area (TPSA) is 65.2 Å². The fourth-order valence-electron chi connectivity index (χ4n) is 4.54. The number of nitrogens with zero attached hydrogens (tertiary/aromatic N) is 5. The SMILES string of the molecule is N#CN1CCC(F)(C(=O)N2CCc3cc(-c4ccnn4Cc4ccccc4Cl)ccc32)C1. The molecule has 1 saturated heterocycles. The minimum atomic E-state index is -2.01. The third-order valence-electron chi connectivity index (χ3n) is 6.25. The van der Waals surface area contributed by atoms with Gasteiger partial charge in [0.15, 0.2) is 6.19 Å². The van der Waals surface area contributed by atoms with E-state index in [9.17, 15) is 4.79 Å². The van der Waals surface area contributed by atoms with Gasteiger partial charge >= 0.3 is 0 Å². The van der Waals surface area contributed by atoms with Gasteiger partial charge in [0.05, 0.1) is 18.8 Å². The molecule has 1 fully saturated rings. The van der Waals surface area contributed by atoms with Gasteiger partial charge in [0.25, 0.3) is 5.91 Å². The number of hydrogen-bond acceptors (Lipinski definition) is 4. The molecule has 0 saturated carbocycles. The highest BCUT2D eigenvalue weighted by molar-refractivity contribution is 6.31. The third kappa shape index (κ3) is 3.51. The zero-order chi connectivity index (χ0) is 22.3. The molecule has 1 unspecified atom stereocenters. The number of amides is 1. The van der Waals surface area contributed by atoms with Crippen LogP contribution in [0.2, 0.25) is 5.02 Å². The minimum Gasteiger partial charge on any atom is -0.309 e. The van der Waals surface area contributed by atoms with Gasteiger partial charge < -0.3 is 9.80 Å². The van der Waals surface area contributed by atoms with Crippen molar-refractivity contribution in [3.8, 4) is 17.5 Å². The molecule has 5 rings (SSSR count). The van der Waals surface area contributed by atoms with Gasteiger partial charge in [-0.15, -0.1) is 0 Å². The van der Waals surface area contributed by atoms with Crippen molar-refractivity contribution in [3.63, 3.8) is 0 Å². The van der Waals surface area contributed by atoms with Crippen LogP contribution in [0.25, 0.3) is 11.3 Å². The molecule has 0 bridgehead atoms. The predicted octanol–water partition coefficient (Wildman–Crippen LogP) is 4.04. The second kappa shape index (κ2) is 7.95. The summed E-state index contributed by atoms with van der Waals surface area (Å²) in [4.78, 5) is 15.8. The zero-order valence-corrected chi connectivity index (χ0v) is 18.1. The fraction of sp³-hybridized carbons (Fsp3) is 0.292. The third-order valence-corrected chi connectivity index (χ3v) is 6.62. The summed E-state index contributed by atoms with van der Waals surface area (Å²) in [5.74, 6) is -0.550. The average molecular weight is 450 g/mol. The number of rotatable bonds is 4. The highest BCUT2D eigenvalue weighted by atomic mass is 35.5. The molecular weight excluding hydrogens is 429 g/mol. The molecule has 0 aliphatic carbocycles. The summed E-state index contributed by atoms with van der Waals surface area (Å²) in [6.45, 7) is 1.08. The summed E-state index contributed by atoms with van der Waals surface area (Å²) in [6.07, 6.45) is 4.40. The van der Waals surface area contributed by atoms with Crippen LogP contribution in [0.3, 0.4) is 0 Å². The molecule has 1 amide bonds. The fourth-order valence-corrected chi connectivity index (χ4v) is 4.73. The number of carbonyl (C=O) groups is 1. The van der Waals surface area contributed by atoms with Crippen LogP contribution in [0.15, 0.2) is 54.7 Å². The summed E-state index contributed by atoms with van der Waals surface area (Å²) in [7, 11) is 0. The first-order valence-corrected chi connectivity index (χ1v) is 10.9.